The third-order valence-corrected chi connectivity index (χ3v) is 11.0. The molecule has 2 heterocycles. The van der Waals surface area contributed by atoms with Crippen LogP contribution in [0, 0.1) is 0 Å². The molecule has 0 spiro atoms. The number of thiophene rings is 1. The highest BCUT2D eigenvalue weighted by atomic mass is 32.1. The van der Waals surface area contributed by atoms with E-state index in [4.69, 9.17) is 15.0 Å². The van der Waals surface area contributed by atoms with Gasteiger partial charge in [0.2, 0.25) is 0 Å². The summed E-state index contributed by atoms with van der Waals surface area (Å²) < 4.78 is 2.44. The molecule has 0 bridgehead atoms. The van der Waals surface area contributed by atoms with Crippen molar-refractivity contribution >= 4 is 53.1 Å². The Morgan fingerprint density at radius 2 is 0.843 bits per heavy atom. The van der Waals surface area contributed by atoms with Gasteiger partial charge in [0.1, 0.15) is 0 Å². The van der Waals surface area contributed by atoms with Crippen molar-refractivity contribution in [3.63, 3.8) is 0 Å². The second-order valence-electron chi connectivity index (χ2n) is 12.8. The molecule has 0 aliphatic heterocycles. The molecule has 0 radical (unpaired) electrons. The van der Waals surface area contributed by atoms with Crippen LogP contribution < -0.4 is 0 Å². The van der Waals surface area contributed by atoms with Gasteiger partial charge in [-0.05, 0) is 68.1 Å². The standard InChI is InChI=1S/C47H29N3S/c1-2-10-30(11-3-1)31-20-22-32(23-21-31)34-24-25-36-29-37(27-26-35(36)28-34)45-48-46(41-17-8-13-33-12-4-5-14-38(33)41)50-47(49-45)42-18-9-16-40-39-15-6-7-19-43(39)51-44(40)42/h1-29H. The summed E-state index contributed by atoms with van der Waals surface area (Å²) in [5.41, 5.74) is 7.78. The first-order valence-corrected chi connectivity index (χ1v) is 17.9. The first kappa shape index (κ1) is 29.4. The van der Waals surface area contributed by atoms with Crippen LogP contribution in [0.4, 0.5) is 0 Å². The van der Waals surface area contributed by atoms with Crippen LogP contribution in [0.3, 0.4) is 0 Å². The van der Waals surface area contributed by atoms with E-state index in [0.717, 1.165) is 32.8 Å². The molecule has 0 amide bonds. The Morgan fingerprint density at radius 1 is 0.314 bits per heavy atom. The van der Waals surface area contributed by atoms with Crippen LogP contribution in [0.1, 0.15) is 0 Å². The van der Waals surface area contributed by atoms with Gasteiger partial charge in [0, 0.05) is 36.9 Å². The molecule has 0 aliphatic rings. The molecular weight excluding hydrogens is 639 g/mol. The second kappa shape index (κ2) is 12.1. The van der Waals surface area contributed by atoms with Gasteiger partial charge in [0.15, 0.2) is 17.5 Å². The number of hydrogen-bond donors (Lipinski definition) is 0. The Bertz CT molecular complexity index is 2900. The predicted molar refractivity (Wildman–Crippen MR) is 215 cm³/mol. The quantitative estimate of drug-likeness (QED) is 0.183. The Labute approximate surface area is 299 Å². The minimum atomic E-state index is 0.656. The smallest absolute Gasteiger partial charge is 0.165 e. The Balaban J connectivity index is 1.10. The normalized spacial score (nSPS) is 11.5. The van der Waals surface area contributed by atoms with Gasteiger partial charge in [-0.15, -0.1) is 11.3 Å². The fourth-order valence-corrected chi connectivity index (χ4v) is 8.35. The molecule has 10 rings (SSSR count). The lowest BCUT2D eigenvalue weighted by atomic mass is 9.97. The molecule has 51 heavy (non-hydrogen) atoms. The third-order valence-electron chi connectivity index (χ3n) is 9.73. The average molecular weight is 668 g/mol. The molecular formula is C47H29N3S. The first-order chi connectivity index (χ1) is 25.2. The summed E-state index contributed by atoms with van der Waals surface area (Å²) in [6.07, 6.45) is 0. The molecule has 0 atom stereocenters. The fraction of sp³-hybridized carbons (Fsp3) is 0. The van der Waals surface area contributed by atoms with Crippen LogP contribution in [0.2, 0.25) is 0 Å². The van der Waals surface area contributed by atoms with Gasteiger partial charge >= 0.3 is 0 Å². The first-order valence-electron chi connectivity index (χ1n) is 17.1. The zero-order valence-electron chi connectivity index (χ0n) is 27.5. The molecule has 0 fully saturated rings. The number of benzene rings is 8. The van der Waals surface area contributed by atoms with Crippen molar-refractivity contribution in [2.75, 3.05) is 0 Å². The summed E-state index contributed by atoms with van der Waals surface area (Å²) in [5, 5.41) is 7.05. The predicted octanol–water partition coefficient (Wildman–Crippen LogP) is 12.9. The maximum Gasteiger partial charge on any atom is 0.165 e. The molecule has 0 N–H and O–H groups in total. The van der Waals surface area contributed by atoms with Crippen LogP contribution >= 0.6 is 11.3 Å². The van der Waals surface area contributed by atoms with E-state index in [9.17, 15) is 0 Å². The summed E-state index contributed by atoms with van der Waals surface area (Å²) >= 11 is 1.79. The minimum Gasteiger partial charge on any atom is -0.208 e. The van der Waals surface area contributed by atoms with Crippen molar-refractivity contribution in [1.29, 1.82) is 0 Å². The number of fused-ring (bicyclic) bond motifs is 5. The molecule has 0 unspecified atom stereocenters. The Kier molecular flexibility index (Phi) is 7.00. The number of rotatable bonds is 5. The molecule has 10 aromatic rings. The highest BCUT2D eigenvalue weighted by Gasteiger charge is 2.18. The summed E-state index contributed by atoms with van der Waals surface area (Å²) in [6, 6.07) is 62.2. The van der Waals surface area contributed by atoms with Gasteiger partial charge in [-0.25, -0.2) is 15.0 Å². The van der Waals surface area contributed by atoms with Crippen molar-refractivity contribution in [2.45, 2.75) is 0 Å². The zero-order chi connectivity index (χ0) is 33.7. The number of nitrogens with zero attached hydrogens (tertiary/aromatic N) is 3. The lowest BCUT2D eigenvalue weighted by Gasteiger charge is -2.11. The largest absolute Gasteiger partial charge is 0.208 e. The minimum absolute atomic E-state index is 0.656. The maximum atomic E-state index is 5.19. The lowest BCUT2D eigenvalue weighted by molar-refractivity contribution is 1.08. The summed E-state index contributed by atoms with van der Waals surface area (Å²) in [6.45, 7) is 0. The molecule has 4 heteroatoms. The maximum absolute atomic E-state index is 5.19. The highest BCUT2D eigenvalue weighted by Crippen LogP contribution is 2.40. The number of hydrogen-bond acceptors (Lipinski definition) is 4. The van der Waals surface area contributed by atoms with Crippen LogP contribution in [-0.4, -0.2) is 15.0 Å². The molecule has 238 valence electrons. The average Bonchev–Trinajstić information content (AvgIpc) is 3.59. The summed E-state index contributed by atoms with van der Waals surface area (Å²) in [5.74, 6) is 2.00. The van der Waals surface area contributed by atoms with Gasteiger partial charge in [-0.1, -0.05) is 152 Å². The van der Waals surface area contributed by atoms with E-state index in [2.05, 4.69) is 176 Å². The van der Waals surface area contributed by atoms with Crippen molar-refractivity contribution in [3.8, 4) is 56.4 Å². The van der Waals surface area contributed by atoms with E-state index < -0.39 is 0 Å². The van der Waals surface area contributed by atoms with Gasteiger partial charge in [0.25, 0.3) is 0 Å². The highest BCUT2D eigenvalue weighted by molar-refractivity contribution is 7.26. The monoisotopic (exact) mass is 667 g/mol. The molecule has 0 saturated heterocycles. The van der Waals surface area contributed by atoms with E-state index in [1.807, 2.05) is 0 Å². The van der Waals surface area contributed by atoms with E-state index in [1.54, 1.807) is 11.3 Å². The van der Waals surface area contributed by atoms with Crippen molar-refractivity contribution < 1.29 is 0 Å². The summed E-state index contributed by atoms with van der Waals surface area (Å²) in [7, 11) is 0. The van der Waals surface area contributed by atoms with Crippen molar-refractivity contribution in [3.05, 3.63) is 176 Å². The second-order valence-corrected chi connectivity index (χ2v) is 13.9. The van der Waals surface area contributed by atoms with Crippen LogP contribution in [0.15, 0.2) is 176 Å². The Morgan fingerprint density at radius 3 is 1.67 bits per heavy atom. The van der Waals surface area contributed by atoms with E-state index in [0.29, 0.717) is 17.5 Å². The fourth-order valence-electron chi connectivity index (χ4n) is 7.14. The van der Waals surface area contributed by atoms with E-state index >= 15 is 0 Å². The van der Waals surface area contributed by atoms with Gasteiger partial charge in [0.05, 0.1) is 0 Å². The molecule has 8 aromatic carbocycles. The molecule has 3 nitrogen and oxygen atoms in total. The lowest BCUT2D eigenvalue weighted by Crippen LogP contribution is -2.00. The van der Waals surface area contributed by atoms with Crippen LogP contribution in [-0.2, 0) is 0 Å². The van der Waals surface area contributed by atoms with Crippen molar-refractivity contribution in [1.82, 2.24) is 15.0 Å². The SMILES string of the molecule is c1ccc(-c2ccc(-c3ccc4cc(-c5nc(-c6cccc7ccccc67)nc(-c6cccc7c6sc6ccccc67)n5)ccc4c3)cc2)cc1. The number of aromatic nitrogens is 3. The zero-order valence-corrected chi connectivity index (χ0v) is 28.3. The summed E-state index contributed by atoms with van der Waals surface area (Å²) in [4.78, 5) is 15.5. The van der Waals surface area contributed by atoms with Gasteiger partial charge < -0.3 is 0 Å². The third kappa shape index (κ3) is 5.25. The topological polar surface area (TPSA) is 38.7 Å². The molecule has 0 aliphatic carbocycles. The van der Waals surface area contributed by atoms with Crippen LogP contribution in [0.25, 0.3) is 98.1 Å². The van der Waals surface area contributed by atoms with Crippen LogP contribution in [0.5, 0.6) is 0 Å². The van der Waals surface area contributed by atoms with Crippen molar-refractivity contribution in [2.24, 2.45) is 0 Å². The van der Waals surface area contributed by atoms with E-state index in [-0.39, 0.29) is 0 Å². The van der Waals surface area contributed by atoms with Gasteiger partial charge in [-0.3, -0.25) is 0 Å². The Hall–Kier alpha value is -6.49. The molecule has 2 aromatic heterocycles. The molecule has 0 saturated carbocycles. The van der Waals surface area contributed by atoms with Gasteiger partial charge in [-0.2, -0.15) is 0 Å². The van der Waals surface area contributed by atoms with E-state index in [1.165, 1.54) is 47.8 Å².